The maximum absolute atomic E-state index is 12.8. The molecule has 0 bridgehead atoms. The maximum Gasteiger partial charge on any atom is 0.261 e. The van der Waals surface area contributed by atoms with Crippen LogP contribution in [0.25, 0.3) is 0 Å². The molecular formula is C19H26N2O5S2. The molecule has 0 saturated carbocycles. The van der Waals surface area contributed by atoms with Crippen LogP contribution in [0.1, 0.15) is 26.3 Å². The Kier molecular flexibility index (Phi) is 7.08. The monoisotopic (exact) mass is 426 g/mol. The summed E-state index contributed by atoms with van der Waals surface area (Å²) in [6, 6.07) is 10.5. The first kappa shape index (κ1) is 22.2. The second-order valence-electron chi connectivity index (χ2n) is 6.08. The van der Waals surface area contributed by atoms with Gasteiger partial charge in [-0.15, -0.1) is 0 Å². The molecule has 0 radical (unpaired) electrons. The average molecular weight is 427 g/mol. The normalized spacial score (nSPS) is 12.2. The molecule has 0 heterocycles. The third-order valence-corrected chi connectivity index (χ3v) is 7.80. The van der Waals surface area contributed by atoms with Crippen molar-refractivity contribution < 1.29 is 21.6 Å². The third-order valence-electron chi connectivity index (χ3n) is 4.21. The highest BCUT2D eigenvalue weighted by atomic mass is 32.2. The van der Waals surface area contributed by atoms with Crippen molar-refractivity contribution in [2.45, 2.75) is 37.5 Å². The molecule has 2 rings (SSSR count). The largest absolute Gasteiger partial charge is 0.494 e. The molecule has 0 fully saturated rings. The van der Waals surface area contributed by atoms with Gasteiger partial charge >= 0.3 is 0 Å². The molecule has 0 spiro atoms. The maximum atomic E-state index is 12.8. The molecule has 2 aromatic rings. The van der Waals surface area contributed by atoms with E-state index in [2.05, 4.69) is 4.72 Å². The first-order valence-electron chi connectivity index (χ1n) is 9.02. The molecule has 0 unspecified atom stereocenters. The van der Waals surface area contributed by atoms with E-state index in [0.29, 0.717) is 31.0 Å². The van der Waals surface area contributed by atoms with Crippen LogP contribution in [0.5, 0.6) is 5.75 Å². The highest BCUT2D eigenvalue weighted by Gasteiger charge is 2.24. The van der Waals surface area contributed by atoms with Crippen LogP contribution in [0, 0.1) is 6.92 Å². The minimum Gasteiger partial charge on any atom is -0.494 e. The van der Waals surface area contributed by atoms with Gasteiger partial charge in [0.25, 0.3) is 10.0 Å². The number of rotatable bonds is 9. The lowest BCUT2D eigenvalue weighted by atomic mass is 10.2. The third kappa shape index (κ3) is 4.84. The molecule has 1 N–H and O–H groups in total. The highest BCUT2D eigenvalue weighted by molar-refractivity contribution is 7.92. The summed E-state index contributed by atoms with van der Waals surface area (Å²) in [6.45, 7) is 8.19. The smallest absolute Gasteiger partial charge is 0.261 e. The Morgan fingerprint density at radius 1 is 0.929 bits per heavy atom. The molecule has 154 valence electrons. The fourth-order valence-electron chi connectivity index (χ4n) is 2.74. The van der Waals surface area contributed by atoms with Crippen molar-refractivity contribution in [2.75, 3.05) is 24.4 Å². The number of benzene rings is 2. The lowest BCUT2D eigenvalue weighted by molar-refractivity contribution is 0.340. The topological polar surface area (TPSA) is 92.8 Å². The van der Waals surface area contributed by atoms with Crippen molar-refractivity contribution in [3.63, 3.8) is 0 Å². The van der Waals surface area contributed by atoms with E-state index in [9.17, 15) is 16.8 Å². The van der Waals surface area contributed by atoms with Crippen LogP contribution in [0.4, 0.5) is 5.69 Å². The zero-order valence-corrected chi connectivity index (χ0v) is 18.1. The summed E-state index contributed by atoms with van der Waals surface area (Å²) in [5.41, 5.74) is 0.737. The molecule has 28 heavy (non-hydrogen) atoms. The average Bonchev–Trinajstić information content (AvgIpc) is 2.64. The lowest BCUT2D eigenvalue weighted by Gasteiger charge is -2.20. The van der Waals surface area contributed by atoms with Gasteiger partial charge in [0.05, 0.1) is 22.1 Å². The van der Waals surface area contributed by atoms with E-state index in [1.54, 1.807) is 45.0 Å². The Hall–Kier alpha value is -2.10. The zero-order chi connectivity index (χ0) is 20.9. The van der Waals surface area contributed by atoms with Crippen LogP contribution < -0.4 is 9.46 Å². The Morgan fingerprint density at radius 2 is 1.54 bits per heavy atom. The molecule has 7 nitrogen and oxygen atoms in total. The van der Waals surface area contributed by atoms with Crippen LogP contribution in [0.2, 0.25) is 0 Å². The number of nitrogens with zero attached hydrogens (tertiary/aromatic N) is 1. The van der Waals surface area contributed by atoms with Gasteiger partial charge in [0.1, 0.15) is 5.75 Å². The van der Waals surface area contributed by atoms with Crippen molar-refractivity contribution in [3.8, 4) is 5.75 Å². The van der Waals surface area contributed by atoms with E-state index in [1.165, 1.54) is 22.5 Å². The summed E-state index contributed by atoms with van der Waals surface area (Å²) in [5.74, 6) is 0.574. The summed E-state index contributed by atoms with van der Waals surface area (Å²) in [7, 11) is -7.57. The van der Waals surface area contributed by atoms with Gasteiger partial charge in [-0.2, -0.15) is 4.31 Å². The SMILES string of the molecule is CCOc1ccc(S(=O)(=O)Nc2ccc(C)c(S(=O)(=O)N(CC)CC)c2)cc1. The molecule has 0 aliphatic carbocycles. The number of hydrogen-bond donors (Lipinski definition) is 1. The van der Waals surface area contributed by atoms with Gasteiger partial charge in [0, 0.05) is 13.1 Å². The number of nitrogens with one attached hydrogen (secondary N) is 1. The van der Waals surface area contributed by atoms with Crippen molar-refractivity contribution >= 4 is 25.7 Å². The summed E-state index contributed by atoms with van der Waals surface area (Å²) in [5, 5.41) is 0. The molecule has 0 aromatic heterocycles. The quantitative estimate of drug-likeness (QED) is 0.665. The van der Waals surface area contributed by atoms with Crippen LogP contribution in [0.15, 0.2) is 52.3 Å². The predicted octanol–water partition coefficient (Wildman–Crippen LogP) is 3.23. The van der Waals surface area contributed by atoms with Crippen molar-refractivity contribution in [2.24, 2.45) is 0 Å². The highest BCUT2D eigenvalue weighted by Crippen LogP contribution is 2.26. The first-order chi connectivity index (χ1) is 13.2. The molecule has 0 atom stereocenters. The molecule has 0 aliphatic rings. The summed E-state index contributed by atoms with van der Waals surface area (Å²) in [4.78, 5) is 0.146. The number of hydrogen-bond acceptors (Lipinski definition) is 5. The minimum atomic E-state index is -3.87. The van der Waals surface area contributed by atoms with E-state index in [4.69, 9.17) is 4.74 Å². The number of sulfonamides is 2. The molecule has 0 amide bonds. The van der Waals surface area contributed by atoms with Crippen molar-refractivity contribution in [3.05, 3.63) is 48.0 Å². The van der Waals surface area contributed by atoms with Crippen molar-refractivity contribution in [1.29, 1.82) is 0 Å². The van der Waals surface area contributed by atoms with Crippen LogP contribution >= 0.6 is 0 Å². The van der Waals surface area contributed by atoms with Crippen LogP contribution in [-0.4, -0.2) is 40.8 Å². The van der Waals surface area contributed by atoms with E-state index in [0.717, 1.165) is 0 Å². The van der Waals surface area contributed by atoms with Gasteiger partial charge in [0.15, 0.2) is 0 Å². The van der Waals surface area contributed by atoms with Gasteiger partial charge in [-0.1, -0.05) is 19.9 Å². The summed E-state index contributed by atoms with van der Waals surface area (Å²) >= 11 is 0. The fourth-order valence-corrected chi connectivity index (χ4v) is 5.50. The number of aryl methyl sites for hydroxylation is 1. The van der Waals surface area contributed by atoms with Gasteiger partial charge in [0.2, 0.25) is 10.0 Å². The Bertz CT molecular complexity index is 1010. The molecule has 0 aliphatic heterocycles. The van der Waals surface area contributed by atoms with E-state index < -0.39 is 20.0 Å². The standard InChI is InChI=1S/C19H26N2O5S2/c1-5-21(6-2)28(24,25)19-14-16(9-8-15(19)4)20-27(22,23)18-12-10-17(11-13-18)26-7-3/h8-14,20H,5-7H2,1-4H3. The van der Waals surface area contributed by atoms with Gasteiger partial charge in [-0.05, 0) is 55.8 Å². The lowest BCUT2D eigenvalue weighted by Crippen LogP contribution is -2.31. The summed E-state index contributed by atoms with van der Waals surface area (Å²) in [6.07, 6.45) is 0. The predicted molar refractivity (Wildman–Crippen MR) is 110 cm³/mol. The van der Waals surface area contributed by atoms with Crippen LogP contribution in [0.3, 0.4) is 0 Å². The summed E-state index contributed by atoms with van der Waals surface area (Å²) < 4.78 is 60.1. The van der Waals surface area contributed by atoms with Crippen LogP contribution in [-0.2, 0) is 20.0 Å². The Labute approximate surface area is 167 Å². The zero-order valence-electron chi connectivity index (χ0n) is 16.5. The van der Waals surface area contributed by atoms with E-state index in [-0.39, 0.29) is 15.5 Å². The fraction of sp³-hybridized carbons (Fsp3) is 0.368. The molecule has 0 saturated heterocycles. The van der Waals surface area contributed by atoms with E-state index in [1.807, 2.05) is 6.92 Å². The van der Waals surface area contributed by atoms with Gasteiger partial charge in [-0.3, -0.25) is 4.72 Å². The second-order valence-corrected chi connectivity index (χ2v) is 9.67. The first-order valence-corrected chi connectivity index (χ1v) is 11.9. The Balaban J connectivity index is 2.36. The minimum absolute atomic E-state index is 0.0599. The van der Waals surface area contributed by atoms with Crippen molar-refractivity contribution in [1.82, 2.24) is 4.31 Å². The molecule has 2 aromatic carbocycles. The van der Waals surface area contributed by atoms with E-state index >= 15 is 0 Å². The molecular weight excluding hydrogens is 400 g/mol. The van der Waals surface area contributed by atoms with Gasteiger partial charge in [-0.25, -0.2) is 16.8 Å². The number of anilines is 1. The number of ether oxygens (including phenoxy) is 1. The van der Waals surface area contributed by atoms with Gasteiger partial charge < -0.3 is 4.74 Å². The molecule has 9 heteroatoms. The Morgan fingerprint density at radius 3 is 2.07 bits per heavy atom. The second kappa shape index (κ2) is 8.93.